The lowest BCUT2D eigenvalue weighted by Crippen LogP contribution is -2.10. The second-order valence-electron chi connectivity index (χ2n) is 3.96. The van der Waals surface area contributed by atoms with Crippen LogP contribution in [0.15, 0.2) is 24.4 Å². The van der Waals surface area contributed by atoms with Crippen LogP contribution in [0.3, 0.4) is 0 Å². The molecule has 1 heterocycles. The Morgan fingerprint density at radius 2 is 1.95 bits per heavy atom. The molecule has 0 amide bonds. The van der Waals surface area contributed by atoms with Crippen molar-refractivity contribution in [2.75, 3.05) is 14.2 Å². The Morgan fingerprint density at radius 1 is 1.26 bits per heavy atom. The number of methoxy groups -OCH3 is 2. The van der Waals surface area contributed by atoms with Gasteiger partial charge in [-0.1, -0.05) is 12.2 Å². The highest BCUT2D eigenvalue weighted by Gasteiger charge is 2.12. The van der Waals surface area contributed by atoms with Crippen molar-refractivity contribution in [2.24, 2.45) is 5.73 Å². The fraction of sp³-hybridized carbons (Fsp3) is 0.231. The van der Waals surface area contributed by atoms with Crippen LogP contribution in [0.5, 0.6) is 11.5 Å². The van der Waals surface area contributed by atoms with E-state index in [-0.39, 0.29) is 0 Å². The average molecular weight is 277 g/mol. The maximum atomic E-state index is 5.64. The van der Waals surface area contributed by atoms with E-state index in [1.807, 2.05) is 25.1 Å². The Labute approximate surface area is 116 Å². The predicted octanol–water partition coefficient (Wildman–Crippen LogP) is 1.83. The van der Waals surface area contributed by atoms with E-state index in [4.69, 9.17) is 27.4 Å². The summed E-state index contributed by atoms with van der Waals surface area (Å²) in [6.45, 7) is 1.91. The molecule has 0 aliphatic heterocycles. The highest BCUT2D eigenvalue weighted by molar-refractivity contribution is 7.80. The van der Waals surface area contributed by atoms with Crippen LogP contribution in [0.25, 0.3) is 5.69 Å². The van der Waals surface area contributed by atoms with E-state index in [2.05, 4.69) is 5.10 Å². The molecule has 0 aliphatic rings. The Kier molecular flexibility index (Phi) is 3.71. The van der Waals surface area contributed by atoms with E-state index < -0.39 is 0 Å². The fourth-order valence-corrected chi connectivity index (χ4v) is 2.07. The highest BCUT2D eigenvalue weighted by atomic mass is 32.1. The molecular formula is C13H15N3O2S. The molecule has 100 valence electrons. The molecule has 0 radical (unpaired) electrons. The predicted molar refractivity (Wildman–Crippen MR) is 77.3 cm³/mol. The molecule has 1 aromatic carbocycles. The van der Waals surface area contributed by atoms with E-state index in [0.717, 1.165) is 16.9 Å². The van der Waals surface area contributed by atoms with Crippen molar-refractivity contribution in [1.82, 2.24) is 9.78 Å². The first kappa shape index (κ1) is 13.4. The summed E-state index contributed by atoms with van der Waals surface area (Å²) < 4.78 is 12.2. The van der Waals surface area contributed by atoms with Gasteiger partial charge in [0.15, 0.2) is 11.5 Å². The number of hydrogen-bond donors (Lipinski definition) is 1. The fourth-order valence-electron chi connectivity index (χ4n) is 1.87. The largest absolute Gasteiger partial charge is 0.493 e. The minimum atomic E-state index is 0.337. The number of thiocarbonyl (C=S) groups is 1. The molecular weight excluding hydrogens is 262 g/mol. The lowest BCUT2D eigenvalue weighted by molar-refractivity contribution is 0.354. The Bertz CT molecular complexity index is 622. The summed E-state index contributed by atoms with van der Waals surface area (Å²) in [6.07, 6.45) is 1.66. The average Bonchev–Trinajstić information content (AvgIpc) is 2.80. The molecule has 0 unspecified atom stereocenters. The van der Waals surface area contributed by atoms with Gasteiger partial charge < -0.3 is 15.2 Å². The highest BCUT2D eigenvalue weighted by Crippen LogP contribution is 2.29. The molecule has 0 bridgehead atoms. The topological polar surface area (TPSA) is 62.3 Å². The Balaban J connectivity index is 2.50. The van der Waals surface area contributed by atoms with Crippen LogP contribution in [0.4, 0.5) is 0 Å². The number of nitrogens with two attached hydrogens (primary N) is 1. The summed E-state index contributed by atoms with van der Waals surface area (Å²) in [6, 6.07) is 5.57. The molecule has 2 aromatic rings. The quantitative estimate of drug-likeness (QED) is 0.864. The Morgan fingerprint density at radius 3 is 2.47 bits per heavy atom. The van der Waals surface area contributed by atoms with E-state index in [9.17, 15) is 0 Å². The van der Waals surface area contributed by atoms with Crippen molar-refractivity contribution >= 4 is 17.2 Å². The van der Waals surface area contributed by atoms with Crippen molar-refractivity contribution in [1.29, 1.82) is 0 Å². The van der Waals surface area contributed by atoms with Gasteiger partial charge in [-0.25, -0.2) is 4.68 Å². The van der Waals surface area contributed by atoms with E-state index in [1.54, 1.807) is 25.1 Å². The summed E-state index contributed by atoms with van der Waals surface area (Å²) in [5.41, 5.74) is 8.16. The van der Waals surface area contributed by atoms with Crippen LogP contribution >= 0.6 is 12.2 Å². The minimum Gasteiger partial charge on any atom is -0.493 e. The smallest absolute Gasteiger partial charge is 0.162 e. The van der Waals surface area contributed by atoms with Crippen LogP contribution in [0.1, 0.15) is 11.3 Å². The van der Waals surface area contributed by atoms with Crippen molar-refractivity contribution in [3.8, 4) is 17.2 Å². The number of nitrogens with zero attached hydrogens (tertiary/aromatic N) is 2. The zero-order valence-corrected chi connectivity index (χ0v) is 11.8. The van der Waals surface area contributed by atoms with Crippen molar-refractivity contribution in [3.63, 3.8) is 0 Å². The summed E-state index contributed by atoms with van der Waals surface area (Å²) in [4.78, 5) is 0.337. The number of benzene rings is 1. The number of aromatic nitrogens is 2. The van der Waals surface area contributed by atoms with Crippen LogP contribution < -0.4 is 15.2 Å². The zero-order chi connectivity index (χ0) is 14.0. The Hall–Kier alpha value is -2.08. The van der Waals surface area contributed by atoms with Gasteiger partial charge in [0.25, 0.3) is 0 Å². The normalized spacial score (nSPS) is 10.3. The molecule has 0 atom stereocenters. The monoisotopic (exact) mass is 277 g/mol. The molecule has 5 nitrogen and oxygen atoms in total. The van der Waals surface area contributed by atoms with E-state index >= 15 is 0 Å². The summed E-state index contributed by atoms with van der Waals surface area (Å²) >= 11 is 4.98. The van der Waals surface area contributed by atoms with Crippen molar-refractivity contribution in [2.45, 2.75) is 6.92 Å². The van der Waals surface area contributed by atoms with Gasteiger partial charge in [0.2, 0.25) is 0 Å². The third-order valence-corrected chi connectivity index (χ3v) is 3.11. The summed E-state index contributed by atoms with van der Waals surface area (Å²) in [5, 5.41) is 4.29. The molecule has 0 spiro atoms. The number of hydrogen-bond acceptors (Lipinski definition) is 4. The first-order valence-electron chi connectivity index (χ1n) is 5.65. The van der Waals surface area contributed by atoms with Gasteiger partial charge in [-0.3, -0.25) is 0 Å². The third-order valence-electron chi connectivity index (χ3n) is 2.89. The lowest BCUT2D eigenvalue weighted by atomic mass is 10.2. The van der Waals surface area contributed by atoms with Gasteiger partial charge in [0, 0.05) is 6.07 Å². The van der Waals surface area contributed by atoms with E-state index in [1.165, 1.54) is 0 Å². The number of rotatable bonds is 4. The maximum absolute atomic E-state index is 5.64. The van der Waals surface area contributed by atoms with Crippen LogP contribution in [0, 0.1) is 6.92 Å². The first-order chi connectivity index (χ1) is 9.08. The third kappa shape index (κ3) is 2.39. The van der Waals surface area contributed by atoms with Crippen LogP contribution in [-0.4, -0.2) is 29.0 Å². The molecule has 2 N–H and O–H groups in total. The van der Waals surface area contributed by atoms with Crippen LogP contribution in [-0.2, 0) is 0 Å². The molecule has 0 saturated heterocycles. The summed E-state index contributed by atoms with van der Waals surface area (Å²) in [5.74, 6) is 1.32. The lowest BCUT2D eigenvalue weighted by Gasteiger charge is -2.10. The molecule has 2 rings (SSSR count). The van der Waals surface area contributed by atoms with Gasteiger partial charge in [0.05, 0.1) is 37.4 Å². The van der Waals surface area contributed by atoms with Crippen molar-refractivity contribution in [3.05, 3.63) is 35.7 Å². The maximum Gasteiger partial charge on any atom is 0.162 e. The minimum absolute atomic E-state index is 0.337. The van der Waals surface area contributed by atoms with Gasteiger partial charge in [-0.2, -0.15) is 5.10 Å². The van der Waals surface area contributed by atoms with Gasteiger partial charge >= 0.3 is 0 Å². The van der Waals surface area contributed by atoms with Crippen LogP contribution in [0.2, 0.25) is 0 Å². The number of ether oxygens (including phenoxy) is 2. The van der Waals surface area contributed by atoms with Gasteiger partial charge in [0.1, 0.15) is 4.99 Å². The van der Waals surface area contributed by atoms with Crippen molar-refractivity contribution < 1.29 is 9.47 Å². The molecule has 6 heteroatoms. The summed E-state index contributed by atoms with van der Waals surface area (Å²) in [7, 11) is 3.19. The zero-order valence-electron chi connectivity index (χ0n) is 11.0. The SMILES string of the molecule is COc1ccc(-n2ncc(C(N)=S)c2C)cc1OC. The molecule has 19 heavy (non-hydrogen) atoms. The van der Waals surface area contributed by atoms with Gasteiger partial charge in [-0.15, -0.1) is 0 Å². The standard InChI is InChI=1S/C13H15N3O2S/c1-8-10(13(14)19)7-15-16(8)9-4-5-11(17-2)12(6-9)18-3/h4-7H,1-3H3,(H2,14,19). The van der Waals surface area contributed by atoms with Gasteiger partial charge in [-0.05, 0) is 19.1 Å². The first-order valence-corrected chi connectivity index (χ1v) is 6.06. The van der Waals surface area contributed by atoms with E-state index in [0.29, 0.717) is 16.5 Å². The second kappa shape index (κ2) is 5.27. The molecule has 0 fully saturated rings. The molecule has 1 aromatic heterocycles. The molecule has 0 aliphatic carbocycles. The second-order valence-corrected chi connectivity index (χ2v) is 4.40. The molecule has 0 saturated carbocycles.